The van der Waals surface area contributed by atoms with E-state index in [-0.39, 0.29) is 45.0 Å². The number of amides is 1. The second kappa shape index (κ2) is 12.4. The van der Waals surface area contributed by atoms with Gasteiger partial charge in [0, 0.05) is 30.1 Å². The molecule has 1 amide bonds. The molecule has 1 aromatic rings. The van der Waals surface area contributed by atoms with Crippen molar-refractivity contribution in [3.63, 3.8) is 0 Å². The van der Waals surface area contributed by atoms with Crippen LogP contribution in [-0.2, 0) is 25.6 Å². The lowest BCUT2D eigenvalue weighted by Crippen LogP contribution is -2.58. The summed E-state index contributed by atoms with van der Waals surface area (Å²) in [5, 5.41) is 11.9. The van der Waals surface area contributed by atoms with Crippen LogP contribution in [0, 0.1) is 11.3 Å². The smallest absolute Gasteiger partial charge is 0.410 e. The van der Waals surface area contributed by atoms with Gasteiger partial charge in [-0.15, -0.1) is 0 Å². The first-order chi connectivity index (χ1) is 19.5. The predicted molar refractivity (Wildman–Crippen MR) is 178 cm³/mol. The van der Waals surface area contributed by atoms with E-state index in [1.807, 2.05) is 32.2 Å². The number of rotatable bonds is 9. The summed E-state index contributed by atoms with van der Waals surface area (Å²) in [4.78, 5) is 22.7. The normalized spacial score (nSPS) is 21.9. The van der Waals surface area contributed by atoms with E-state index in [0.717, 1.165) is 29.1 Å². The number of anilines is 1. The van der Waals surface area contributed by atoms with Crippen molar-refractivity contribution in [2.45, 2.75) is 144 Å². The largest absolute Gasteiger partial charge is 0.444 e. The molecule has 1 fully saturated rings. The molecule has 2 aliphatic heterocycles. The molecule has 0 saturated carbocycles. The van der Waals surface area contributed by atoms with Crippen LogP contribution in [-0.4, -0.2) is 76.5 Å². The number of pyridine rings is 1. The molecule has 4 atom stereocenters. The lowest BCUT2D eigenvalue weighted by atomic mass is 9.66. The Morgan fingerprint density at radius 1 is 1.12 bits per heavy atom. The average molecular weight is 634 g/mol. The molecule has 0 spiro atoms. The van der Waals surface area contributed by atoms with E-state index in [1.54, 1.807) is 0 Å². The number of hydrogen-bond donors (Lipinski definition) is 1. The minimum Gasteiger partial charge on any atom is -0.444 e. The number of piperazine rings is 1. The quantitative estimate of drug-likeness (QED) is 0.291. The van der Waals surface area contributed by atoms with Crippen LogP contribution in [0.3, 0.4) is 0 Å². The average Bonchev–Trinajstić information content (AvgIpc) is 3.22. The fourth-order valence-corrected chi connectivity index (χ4v) is 7.64. The number of nitrogens with zero attached hydrogens (tertiary/aromatic N) is 3. The van der Waals surface area contributed by atoms with Gasteiger partial charge in [-0.25, -0.2) is 9.78 Å². The summed E-state index contributed by atoms with van der Waals surface area (Å²) in [5.41, 5.74) is 1.08. The van der Waals surface area contributed by atoms with E-state index in [2.05, 4.69) is 86.4 Å². The molecule has 8 nitrogen and oxygen atoms in total. The van der Waals surface area contributed by atoms with Gasteiger partial charge in [0.15, 0.2) is 8.32 Å². The number of fused-ring (bicyclic) bond motifs is 3. The molecule has 244 valence electrons. The zero-order valence-electron chi connectivity index (χ0n) is 29.6. The lowest BCUT2D eigenvalue weighted by Gasteiger charge is -2.48. The molecule has 43 heavy (non-hydrogen) atoms. The highest BCUT2D eigenvalue weighted by Crippen LogP contribution is 2.50. The molecule has 10 heteroatoms. The minimum absolute atomic E-state index is 0.0332. The van der Waals surface area contributed by atoms with Crippen LogP contribution < -0.4 is 4.90 Å². The molecule has 2 radical (unpaired) electrons. The predicted octanol–water partition coefficient (Wildman–Crippen LogP) is 7.09. The van der Waals surface area contributed by atoms with Crippen molar-refractivity contribution in [3.8, 4) is 0 Å². The number of carbonyl (C=O) groups is 1. The SMILES string of the molecule is C[Si]OC(C)(c1nc2c(cc1C(O)CO[Si](C)(C)C(C)(C)C)C[C@@H]1CN(C(=O)OC(C)(C)C)C[C@@H](C)N21)C(C)(C)C(C)C. The molecule has 3 rings (SSSR count). The van der Waals surface area contributed by atoms with E-state index in [1.165, 1.54) is 0 Å². The van der Waals surface area contributed by atoms with Crippen LogP contribution in [0.2, 0.25) is 24.7 Å². The van der Waals surface area contributed by atoms with E-state index in [9.17, 15) is 9.90 Å². The van der Waals surface area contributed by atoms with Crippen molar-refractivity contribution >= 4 is 30.0 Å². The zero-order valence-corrected chi connectivity index (χ0v) is 31.6. The van der Waals surface area contributed by atoms with Crippen molar-refractivity contribution in [2.24, 2.45) is 11.3 Å². The third kappa shape index (κ3) is 7.18. The molecule has 1 aromatic heterocycles. The first kappa shape index (κ1) is 36.0. The van der Waals surface area contributed by atoms with Crippen molar-refractivity contribution in [3.05, 3.63) is 22.9 Å². The second-order valence-corrected chi connectivity index (χ2v) is 21.6. The lowest BCUT2D eigenvalue weighted by molar-refractivity contribution is -0.0636. The van der Waals surface area contributed by atoms with Crippen molar-refractivity contribution < 1.29 is 23.5 Å². The maximum atomic E-state index is 13.0. The second-order valence-electron chi connectivity index (χ2n) is 16.2. The highest BCUT2D eigenvalue weighted by Gasteiger charge is 2.50. The number of aliphatic hydroxyl groups is 1. The van der Waals surface area contributed by atoms with Crippen LogP contribution in [0.5, 0.6) is 0 Å². The van der Waals surface area contributed by atoms with E-state index < -0.39 is 25.6 Å². The fraction of sp³-hybridized carbons (Fsp3) is 0.818. The molecule has 3 heterocycles. The third-order valence-corrected chi connectivity index (χ3v) is 15.6. The van der Waals surface area contributed by atoms with Gasteiger partial charge in [0.1, 0.15) is 23.1 Å². The first-order valence-corrected chi connectivity index (χ1v) is 20.3. The molecule has 1 saturated heterocycles. The summed E-state index contributed by atoms with van der Waals surface area (Å²) < 4.78 is 18.9. The van der Waals surface area contributed by atoms with Gasteiger partial charge in [0.25, 0.3) is 0 Å². The summed E-state index contributed by atoms with van der Waals surface area (Å²) in [6.45, 7) is 33.4. The number of aromatic nitrogens is 1. The fourth-order valence-electron chi connectivity index (χ4n) is 5.86. The Morgan fingerprint density at radius 2 is 1.72 bits per heavy atom. The van der Waals surface area contributed by atoms with Gasteiger partial charge in [-0.3, -0.25) is 0 Å². The highest BCUT2D eigenvalue weighted by molar-refractivity contribution is 6.74. The molecule has 0 aromatic carbocycles. The van der Waals surface area contributed by atoms with Gasteiger partial charge in [-0.2, -0.15) is 0 Å². The number of hydrogen-bond acceptors (Lipinski definition) is 7. The van der Waals surface area contributed by atoms with Crippen LogP contribution >= 0.6 is 0 Å². The summed E-state index contributed by atoms with van der Waals surface area (Å²) >= 11 is 0. The molecule has 0 aliphatic carbocycles. The molecule has 2 aliphatic rings. The zero-order chi connectivity index (χ0) is 32.9. The van der Waals surface area contributed by atoms with Crippen molar-refractivity contribution in [2.75, 3.05) is 24.6 Å². The van der Waals surface area contributed by atoms with Crippen LogP contribution in [0.4, 0.5) is 10.6 Å². The molecule has 0 bridgehead atoms. The molecule has 1 N–H and O–H groups in total. The van der Waals surface area contributed by atoms with Gasteiger partial charge in [-0.1, -0.05) is 48.5 Å². The number of ether oxygens (including phenoxy) is 1. The first-order valence-electron chi connectivity index (χ1n) is 15.9. The summed E-state index contributed by atoms with van der Waals surface area (Å²) in [5.74, 6) is 1.23. The Labute approximate surface area is 265 Å². The maximum Gasteiger partial charge on any atom is 0.410 e. The van der Waals surface area contributed by atoms with Gasteiger partial charge in [-0.05, 0) is 83.3 Å². The number of carbonyl (C=O) groups excluding carboxylic acids is 1. The van der Waals surface area contributed by atoms with Gasteiger partial charge in [0.05, 0.1) is 18.3 Å². The van der Waals surface area contributed by atoms with Crippen LogP contribution in [0.1, 0.15) is 106 Å². The van der Waals surface area contributed by atoms with Crippen molar-refractivity contribution in [1.82, 2.24) is 9.88 Å². The topological polar surface area (TPSA) is 84.4 Å². The van der Waals surface area contributed by atoms with E-state index in [4.69, 9.17) is 18.6 Å². The highest BCUT2D eigenvalue weighted by atomic mass is 28.4. The van der Waals surface area contributed by atoms with Gasteiger partial charge in [0.2, 0.25) is 9.76 Å². The molecular formula is C33H59N3O5Si2. The van der Waals surface area contributed by atoms with Gasteiger partial charge < -0.3 is 28.5 Å². The molecule has 2 unspecified atom stereocenters. The maximum absolute atomic E-state index is 13.0. The standard InChI is InChI=1S/C33H59N3O5Si2/c1-21(2)32(10,11)33(12,41-42-13)27-25(26(37)20-39-43(14,15)31(7,8)9)17-23-16-24-19-35(29(38)40-30(4,5)6)18-22(3)36(24)28(23)34-27/h17,21-22,24,26,37H,16,18-20H2,1-15H3/t22-,24-,26?,33?/m1/s1. The van der Waals surface area contributed by atoms with Crippen LogP contribution in [0.15, 0.2) is 6.07 Å². The number of aliphatic hydroxyl groups excluding tert-OH is 1. The molecular weight excluding hydrogens is 575 g/mol. The monoisotopic (exact) mass is 633 g/mol. The summed E-state index contributed by atoms with van der Waals surface area (Å²) in [6, 6.07) is 2.29. The minimum atomic E-state index is -2.09. The Hall–Kier alpha value is -1.47. The Balaban J connectivity index is 2.11. The van der Waals surface area contributed by atoms with Gasteiger partial charge >= 0.3 is 6.09 Å². The third-order valence-electron chi connectivity index (χ3n) is 10.4. The summed E-state index contributed by atoms with van der Waals surface area (Å²) in [7, 11) is -1.84. The Bertz CT molecular complexity index is 1160. The Morgan fingerprint density at radius 3 is 2.23 bits per heavy atom. The van der Waals surface area contributed by atoms with E-state index in [0.29, 0.717) is 19.0 Å². The summed E-state index contributed by atoms with van der Waals surface area (Å²) in [6.07, 6.45) is -0.372. The van der Waals surface area contributed by atoms with E-state index >= 15 is 0 Å². The Kier molecular flexibility index (Phi) is 10.4. The van der Waals surface area contributed by atoms with Crippen molar-refractivity contribution in [1.29, 1.82) is 0 Å². The van der Waals surface area contributed by atoms with Crippen LogP contribution in [0.25, 0.3) is 0 Å².